The van der Waals surface area contributed by atoms with Gasteiger partial charge in [-0.25, -0.2) is 4.79 Å². The predicted molar refractivity (Wildman–Crippen MR) is 130 cm³/mol. The Bertz CT molecular complexity index is 1050. The van der Waals surface area contributed by atoms with Crippen LogP contribution in [-0.2, 0) is 19.1 Å². The van der Waals surface area contributed by atoms with Crippen molar-refractivity contribution in [3.63, 3.8) is 0 Å². The Balaban J connectivity index is 1.77. The SMILES string of the molecule is CC(=O)O[C@]12C[C@H](C)[C@H](OC(=O)c3ccccc3)[C@@H]1/C=C(\C)CC[C@H]1[C@@H](/C=C(\C)C2=O)C1(C)C. The number of Topliss-reactive ketones (excluding diaryl/α,β-unsaturated/α-hetero) is 1. The minimum Gasteiger partial charge on any atom is -0.458 e. The number of ether oxygens (including phenoxy) is 2. The van der Waals surface area contributed by atoms with E-state index in [2.05, 4.69) is 26.8 Å². The second-order valence-electron chi connectivity index (χ2n) is 11.1. The number of allylic oxidation sites excluding steroid dienone is 2. The van der Waals surface area contributed by atoms with Crippen LogP contribution < -0.4 is 0 Å². The van der Waals surface area contributed by atoms with Gasteiger partial charge in [-0.1, -0.05) is 56.7 Å². The fourth-order valence-corrected chi connectivity index (χ4v) is 6.31. The number of esters is 2. The van der Waals surface area contributed by atoms with E-state index < -0.39 is 29.6 Å². The van der Waals surface area contributed by atoms with Gasteiger partial charge in [-0.3, -0.25) is 9.59 Å². The zero-order chi connectivity index (χ0) is 24.8. The smallest absolute Gasteiger partial charge is 0.338 e. The Morgan fingerprint density at radius 3 is 2.35 bits per heavy atom. The summed E-state index contributed by atoms with van der Waals surface area (Å²) < 4.78 is 12.0. The molecule has 34 heavy (non-hydrogen) atoms. The van der Waals surface area contributed by atoms with Crippen LogP contribution in [0.1, 0.15) is 71.2 Å². The third-order valence-corrected chi connectivity index (χ3v) is 8.28. The Kier molecular flexibility index (Phi) is 6.34. The summed E-state index contributed by atoms with van der Waals surface area (Å²) in [6.45, 7) is 11.7. The molecular weight excluding hydrogens is 428 g/mol. The van der Waals surface area contributed by atoms with Crippen LogP contribution in [0.15, 0.2) is 53.6 Å². The second kappa shape index (κ2) is 8.83. The number of benzene rings is 1. The highest BCUT2D eigenvalue weighted by Crippen LogP contribution is 2.62. The van der Waals surface area contributed by atoms with Gasteiger partial charge in [0.05, 0.1) is 11.5 Å². The molecule has 0 amide bonds. The molecule has 0 saturated heterocycles. The molecule has 1 aromatic carbocycles. The molecular formula is C29H36O5. The van der Waals surface area contributed by atoms with Crippen molar-refractivity contribution >= 4 is 17.7 Å². The van der Waals surface area contributed by atoms with Gasteiger partial charge in [0.25, 0.3) is 0 Å². The molecule has 4 rings (SSSR count). The molecule has 0 aliphatic heterocycles. The van der Waals surface area contributed by atoms with Crippen molar-refractivity contribution in [3.8, 4) is 0 Å². The van der Waals surface area contributed by atoms with Gasteiger partial charge in [0.1, 0.15) is 6.10 Å². The molecule has 0 heterocycles. The van der Waals surface area contributed by atoms with Gasteiger partial charge < -0.3 is 9.47 Å². The number of rotatable bonds is 3. The molecule has 3 aliphatic rings. The third kappa shape index (κ3) is 4.25. The van der Waals surface area contributed by atoms with Crippen LogP contribution >= 0.6 is 0 Å². The van der Waals surface area contributed by atoms with Crippen LogP contribution in [0.5, 0.6) is 0 Å². The largest absolute Gasteiger partial charge is 0.458 e. The first-order chi connectivity index (χ1) is 16.0. The summed E-state index contributed by atoms with van der Waals surface area (Å²) in [6, 6.07) is 8.85. The molecule has 0 radical (unpaired) electrons. The maximum atomic E-state index is 14.0. The minimum absolute atomic E-state index is 0.158. The van der Waals surface area contributed by atoms with E-state index in [-0.39, 0.29) is 17.1 Å². The van der Waals surface area contributed by atoms with E-state index in [4.69, 9.17) is 9.47 Å². The fourth-order valence-electron chi connectivity index (χ4n) is 6.31. The molecule has 0 bridgehead atoms. The maximum Gasteiger partial charge on any atom is 0.338 e. The number of hydrogen-bond acceptors (Lipinski definition) is 5. The summed E-state index contributed by atoms with van der Waals surface area (Å²) in [4.78, 5) is 39.3. The normalized spacial score (nSPS) is 37.6. The molecule has 6 atom stereocenters. The first-order valence-electron chi connectivity index (χ1n) is 12.3. The summed E-state index contributed by atoms with van der Waals surface area (Å²) in [6.07, 6.45) is 5.79. The number of hydrogen-bond donors (Lipinski definition) is 0. The van der Waals surface area contributed by atoms with E-state index in [1.54, 1.807) is 24.3 Å². The number of carbonyl (C=O) groups is 3. The first-order valence-corrected chi connectivity index (χ1v) is 12.3. The van der Waals surface area contributed by atoms with Crippen LogP contribution in [0.2, 0.25) is 0 Å². The molecule has 5 heteroatoms. The van der Waals surface area contributed by atoms with Gasteiger partial charge in [0.2, 0.25) is 5.78 Å². The Morgan fingerprint density at radius 2 is 1.71 bits per heavy atom. The lowest BCUT2D eigenvalue weighted by molar-refractivity contribution is -0.168. The lowest BCUT2D eigenvalue weighted by atomic mass is 9.81. The van der Waals surface area contributed by atoms with E-state index in [1.165, 1.54) is 6.92 Å². The van der Waals surface area contributed by atoms with Gasteiger partial charge in [-0.05, 0) is 67.6 Å². The Labute approximate surface area is 202 Å². The highest BCUT2D eigenvalue weighted by molar-refractivity contribution is 6.03. The lowest BCUT2D eigenvalue weighted by Crippen LogP contribution is -2.48. The van der Waals surface area contributed by atoms with Gasteiger partial charge >= 0.3 is 11.9 Å². The van der Waals surface area contributed by atoms with Crippen LogP contribution in [0, 0.1) is 29.1 Å². The van der Waals surface area contributed by atoms with Crippen molar-refractivity contribution in [3.05, 3.63) is 59.2 Å². The standard InChI is InChI=1S/C29H36O5/c1-17-12-13-22-23(28(22,5)6)15-18(2)26(31)29(34-20(4)30)16-19(3)25(24(29)14-17)33-27(32)21-10-8-7-9-11-21/h7-11,14-15,19,22-25H,12-13,16H2,1-6H3/b17-14+,18-15+/t19-,22-,23+,24-,25-,29+/m0/s1. The fraction of sp³-hybridized carbons (Fsp3) is 0.552. The van der Waals surface area contributed by atoms with E-state index in [9.17, 15) is 14.4 Å². The first kappa shape index (κ1) is 24.4. The van der Waals surface area contributed by atoms with Gasteiger partial charge in [-0.2, -0.15) is 0 Å². The van der Waals surface area contributed by atoms with Crippen molar-refractivity contribution in [2.45, 2.75) is 72.5 Å². The maximum absolute atomic E-state index is 14.0. The minimum atomic E-state index is -1.38. The quantitative estimate of drug-likeness (QED) is 0.424. The Hall–Kier alpha value is -2.69. The molecule has 0 spiro atoms. The van der Waals surface area contributed by atoms with Crippen LogP contribution in [0.3, 0.4) is 0 Å². The van der Waals surface area contributed by atoms with E-state index in [0.717, 1.165) is 18.4 Å². The van der Waals surface area contributed by atoms with Crippen LogP contribution in [0.4, 0.5) is 0 Å². The number of carbonyl (C=O) groups excluding carboxylic acids is 3. The lowest BCUT2D eigenvalue weighted by Gasteiger charge is -2.34. The van der Waals surface area contributed by atoms with E-state index >= 15 is 0 Å². The molecule has 2 saturated carbocycles. The summed E-state index contributed by atoms with van der Waals surface area (Å²) in [7, 11) is 0. The zero-order valence-electron chi connectivity index (χ0n) is 21.1. The van der Waals surface area contributed by atoms with Crippen LogP contribution in [0.25, 0.3) is 0 Å². The second-order valence-corrected chi connectivity index (χ2v) is 11.1. The van der Waals surface area contributed by atoms with Crippen LogP contribution in [-0.4, -0.2) is 29.4 Å². The molecule has 0 N–H and O–H groups in total. The topological polar surface area (TPSA) is 69.7 Å². The highest BCUT2D eigenvalue weighted by Gasteiger charge is 2.61. The molecule has 2 fully saturated rings. The predicted octanol–water partition coefficient (Wildman–Crippen LogP) is 5.70. The molecule has 5 nitrogen and oxygen atoms in total. The van der Waals surface area contributed by atoms with Crippen molar-refractivity contribution in [1.29, 1.82) is 0 Å². The Morgan fingerprint density at radius 1 is 1.03 bits per heavy atom. The summed E-state index contributed by atoms with van der Waals surface area (Å²) in [5, 5.41) is 0. The molecule has 0 aromatic heterocycles. The van der Waals surface area contributed by atoms with Gasteiger partial charge in [0.15, 0.2) is 5.60 Å². The van der Waals surface area contributed by atoms with Crippen molar-refractivity contribution in [2.24, 2.45) is 29.1 Å². The monoisotopic (exact) mass is 464 g/mol. The number of ketones is 1. The number of fused-ring (bicyclic) bond motifs is 2. The molecule has 3 aliphatic carbocycles. The molecule has 0 unspecified atom stereocenters. The zero-order valence-corrected chi connectivity index (χ0v) is 21.1. The van der Waals surface area contributed by atoms with Gasteiger partial charge in [-0.15, -0.1) is 0 Å². The van der Waals surface area contributed by atoms with E-state index in [1.807, 2.05) is 26.0 Å². The third-order valence-electron chi connectivity index (χ3n) is 8.28. The average molecular weight is 465 g/mol. The molecule has 1 aromatic rings. The van der Waals surface area contributed by atoms with Crippen molar-refractivity contribution in [1.82, 2.24) is 0 Å². The summed E-state index contributed by atoms with van der Waals surface area (Å²) in [5.41, 5.74) is 0.994. The summed E-state index contributed by atoms with van der Waals surface area (Å²) >= 11 is 0. The van der Waals surface area contributed by atoms with Crippen molar-refractivity contribution < 1.29 is 23.9 Å². The van der Waals surface area contributed by atoms with Gasteiger partial charge in [0, 0.05) is 13.3 Å². The van der Waals surface area contributed by atoms with Crippen molar-refractivity contribution in [2.75, 3.05) is 0 Å². The summed E-state index contributed by atoms with van der Waals surface area (Å²) in [5.74, 6) is -0.959. The average Bonchev–Trinajstić information content (AvgIpc) is 3.19. The molecule has 182 valence electrons. The van der Waals surface area contributed by atoms with E-state index in [0.29, 0.717) is 29.4 Å². The highest BCUT2D eigenvalue weighted by atomic mass is 16.6.